The van der Waals surface area contributed by atoms with Gasteiger partial charge in [-0.2, -0.15) is 0 Å². The number of halogens is 1. The Kier molecular flexibility index (Phi) is 5.82. The van der Waals surface area contributed by atoms with Crippen LogP contribution in [0.4, 0.5) is 0 Å². The van der Waals surface area contributed by atoms with Crippen LogP contribution in [0.3, 0.4) is 0 Å². The first kappa shape index (κ1) is 20.9. The van der Waals surface area contributed by atoms with Crippen LogP contribution in [-0.4, -0.2) is 25.0 Å². The third-order valence-electron chi connectivity index (χ3n) is 4.83. The van der Waals surface area contributed by atoms with Gasteiger partial charge in [0.25, 0.3) is 5.89 Å². The third-order valence-corrected chi connectivity index (χ3v) is 6.97. The Labute approximate surface area is 198 Å². The van der Waals surface area contributed by atoms with Gasteiger partial charge in [-0.05, 0) is 49.6 Å². The number of nitrogens with zero attached hydrogens (tertiary/aromatic N) is 5. The molecule has 0 N–H and O–H groups in total. The molecule has 160 valence electrons. The number of benzene rings is 2. The molecule has 5 rings (SSSR count). The van der Waals surface area contributed by atoms with E-state index in [9.17, 15) is 0 Å². The van der Waals surface area contributed by atoms with Crippen molar-refractivity contribution in [3.8, 4) is 27.8 Å². The standard InChI is InChI=1S/C23H18ClN5OS2/c1-14-5-7-16(8-6-14)20-25-28-23(29(20)18-11-9-17(24)10-12-18)32-15(2)21-26-27-22(30-21)19-4-3-13-31-19/h3-13,15H,1-2H3. The molecule has 0 fully saturated rings. The average Bonchev–Trinajstić information content (AvgIpc) is 3.55. The van der Waals surface area contributed by atoms with Crippen molar-refractivity contribution in [1.82, 2.24) is 25.0 Å². The van der Waals surface area contributed by atoms with Crippen LogP contribution in [0.1, 0.15) is 23.6 Å². The summed E-state index contributed by atoms with van der Waals surface area (Å²) in [6, 6.07) is 19.8. The second kappa shape index (κ2) is 8.90. The predicted molar refractivity (Wildman–Crippen MR) is 128 cm³/mol. The smallest absolute Gasteiger partial charge is 0.257 e. The minimum atomic E-state index is -0.114. The lowest BCUT2D eigenvalue weighted by Gasteiger charge is -2.12. The van der Waals surface area contributed by atoms with Gasteiger partial charge in [0.05, 0.1) is 10.1 Å². The van der Waals surface area contributed by atoms with Gasteiger partial charge in [0.1, 0.15) is 0 Å². The SMILES string of the molecule is Cc1ccc(-c2nnc(SC(C)c3nnc(-c4cccs4)o3)n2-c2ccc(Cl)cc2)cc1. The summed E-state index contributed by atoms with van der Waals surface area (Å²) < 4.78 is 7.95. The maximum Gasteiger partial charge on any atom is 0.257 e. The van der Waals surface area contributed by atoms with Crippen molar-refractivity contribution in [2.24, 2.45) is 0 Å². The van der Waals surface area contributed by atoms with Crippen LogP contribution in [-0.2, 0) is 0 Å². The predicted octanol–water partition coefficient (Wildman–Crippen LogP) is 6.86. The highest BCUT2D eigenvalue weighted by Gasteiger charge is 2.22. The molecule has 0 radical (unpaired) electrons. The van der Waals surface area contributed by atoms with E-state index in [2.05, 4.69) is 51.6 Å². The van der Waals surface area contributed by atoms with E-state index in [1.54, 1.807) is 11.3 Å². The van der Waals surface area contributed by atoms with E-state index < -0.39 is 0 Å². The number of rotatable bonds is 6. The summed E-state index contributed by atoms with van der Waals surface area (Å²) in [5.41, 5.74) is 3.09. The van der Waals surface area contributed by atoms with Crippen molar-refractivity contribution in [2.75, 3.05) is 0 Å². The molecule has 1 unspecified atom stereocenters. The Morgan fingerprint density at radius 1 is 0.969 bits per heavy atom. The fourth-order valence-corrected chi connectivity index (χ4v) is 4.83. The van der Waals surface area contributed by atoms with E-state index in [4.69, 9.17) is 16.0 Å². The van der Waals surface area contributed by atoms with E-state index in [0.717, 1.165) is 27.1 Å². The second-order valence-corrected chi connectivity index (χ2v) is 9.86. The first-order chi connectivity index (χ1) is 15.6. The topological polar surface area (TPSA) is 69.6 Å². The molecule has 3 heterocycles. The van der Waals surface area contributed by atoms with Crippen LogP contribution in [0.15, 0.2) is 75.6 Å². The molecule has 0 spiro atoms. The van der Waals surface area contributed by atoms with Crippen LogP contribution >= 0.6 is 34.7 Å². The fourth-order valence-electron chi connectivity index (χ4n) is 3.17. The summed E-state index contributed by atoms with van der Waals surface area (Å²) in [6.07, 6.45) is 0. The maximum absolute atomic E-state index is 6.12. The van der Waals surface area contributed by atoms with E-state index in [1.807, 2.05) is 53.3 Å². The molecule has 1 atom stereocenters. The average molecular weight is 480 g/mol. The largest absolute Gasteiger partial charge is 0.419 e. The summed E-state index contributed by atoms with van der Waals surface area (Å²) >= 11 is 9.21. The number of aryl methyl sites for hydroxylation is 1. The minimum absolute atomic E-state index is 0.114. The summed E-state index contributed by atoms with van der Waals surface area (Å²) in [7, 11) is 0. The molecular formula is C23H18ClN5OS2. The maximum atomic E-state index is 6.12. The molecule has 0 saturated carbocycles. The van der Waals surface area contributed by atoms with Crippen molar-refractivity contribution in [1.29, 1.82) is 0 Å². The van der Waals surface area contributed by atoms with E-state index in [1.165, 1.54) is 17.3 Å². The number of thiophene rings is 1. The lowest BCUT2D eigenvalue weighted by atomic mass is 10.1. The zero-order valence-corrected chi connectivity index (χ0v) is 19.7. The van der Waals surface area contributed by atoms with Gasteiger partial charge in [-0.1, -0.05) is 59.3 Å². The van der Waals surface area contributed by atoms with Crippen LogP contribution in [0.25, 0.3) is 27.8 Å². The summed E-state index contributed by atoms with van der Waals surface area (Å²) in [5.74, 6) is 1.83. The molecule has 0 bridgehead atoms. The molecule has 32 heavy (non-hydrogen) atoms. The van der Waals surface area contributed by atoms with Gasteiger partial charge in [0, 0.05) is 16.3 Å². The highest BCUT2D eigenvalue weighted by Crippen LogP contribution is 2.37. The van der Waals surface area contributed by atoms with Crippen molar-refractivity contribution >= 4 is 34.7 Å². The fraction of sp³-hybridized carbons (Fsp3) is 0.130. The van der Waals surface area contributed by atoms with Gasteiger partial charge in [0.15, 0.2) is 11.0 Å². The Balaban J connectivity index is 1.50. The minimum Gasteiger partial charge on any atom is -0.419 e. The number of thioether (sulfide) groups is 1. The number of aromatic nitrogens is 5. The third kappa shape index (κ3) is 4.21. The van der Waals surface area contributed by atoms with Gasteiger partial charge in [-0.25, -0.2) is 0 Å². The first-order valence-electron chi connectivity index (χ1n) is 9.91. The van der Waals surface area contributed by atoms with Crippen LogP contribution in [0.2, 0.25) is 5.02 Å². The number of hydrogen-bond donors (Lipinski definition) is 0. The molecule has 6 nitrogen and oxygen atoms in total. The van der Waals surface area contributed by atoms with Crippen molar-refractivity contribution in [3.63, 3.8) is 0 Å². The first-order valence-corrected chi connectivity index (χ1v) is 12.0. The molecule has 5 aromatic rings. The summed E-state index contributed by atoms with van der Waals surface area (Å²) in [6.45, 7) is 4.08. The van der Waals surface area contributed by atoms with Crippen LogP contribution in [0.5, 0.6) is 0 Å². The van der Waals surface area contributed by atoms with Gasteiger partial charge >= 0.3 is 0 Å². The Bertz CT molecular complexity index is 1330. The van der Waals surface area contributed by atoms with Gasteiger partial charge in [-0.3, -0.25) is 4.57 Å². The van der Waals surface area contributed by atoms with E-state index >= 15 is 0 Å². The highest BCUT2D eigenvalue weighted by molar-refractivity contribution is 7.99. The molecule has 0 aliphatic rings. The van der Waals surface area contributed by atoms with Crippen molar-refractivity contribution in [2.45, 2.75) is 24.3 Å². The molecule has 9 heteroatoms. The molecule has 0 saturated heterocycles. The van der Waals surface area contributed by atoms with Gasteiger partial charge in [-0.15, -0.1) is 31.7 Å². The second-order valence-electron chi connectivity index (χ2n) is 7.17. The molecule has 0 amide bonds. The molecule has 0 aliphatic carbocycles. The Morgan fingerprint density at radius 2 is 1.75 bits per heavy atom. The lowest BCUT2D eigenvalue weighted by molar-refractivity contribution is 0.510. The number of hydrogen-bond acceptors (Lipinski definition) is 7. The van der Waals surface area contributed by atoms with Crippen molar-refractivity contribution < 1.29 is 4.42 Å². The van der Waals surface area contributed by atoms with Crippen LogP contribution < -0.4 is 0 Å². The lowest BCUT2D eigenvalue weighted by Crippen LogP contribution is -2.01. The molecule has 2 aromatic carbocycles. The van der Waals surface area contributed by atoms with E-state index in [-0.39, 0.29) is 5.25 Å². The molecular weight excluding hydrogens is 462 g/mol. The van der Waals surface area contributed by atoms with Gasteiger partial charge < -0.3 is 4.42 Å². The zero-order valence-electron chi connectivity index (χ0n) is 17.3. The summed E-state index contributed by atoms with van der Waals surface area (Å²) in [4.78, 5) is 0.951. The normalized spacial score (nSPS) is 12.2. The Hall–Kier alpha value is -2.94. The monoisotopic (exact) mass is 479 g/mol. The van der Waals surface area contributed by atoms with Crippen molar-refractivity contribution in [3.05, 3.63) is 82.5 Å². The van der Waals surface area contributed by atoms with E-state index in [0.29, 0.717) is 16.8 Å². The Morgan fingerprint density at radius 3 is 2.47 bits per heavy atom. The summed E-state index contributed by atoms with van der Waals surface area (Å²) in [5, 5.41) is 20.7. The van der Waals surface area contributed by atoms with Gasteiger partial charge in [0.2, 0.25) is 5.89 Å². The molecule has 3 aromatic heterocycles. The molecule has 0 aliphatic heterocycles. The highest BCUT2D eigenvalue weighted by atomic mass is 35.5. The zero-order chi connectivity index (χ0) is 22.1. The van der Waals surface area contributed by atoms with Crippen LogP contribution in [0, 0.1) is 6.92 Å². The quantitative estimate of drug-likeness (QED) is 0.248.